The van der Waals surface area contributed by atoms with Gasteiger partial charge in [-0.2, -0.15) is 0 Å². The standard InChI is InChI=1S/C30H48N6O6/c1-18(2)16-23(30(41)42)34-26(37)22(12-8-14-31)33-28(39)25(19(3)4)35-27(38)24-13-9-15-36(24)29(40)21(32)17-20-10-6-5-7-11-20/h5-7,10-11,18-19,21-25H,8-9,12-17,31-32H2,1-4H3,(H,33,39)(H,34,37)(H,35,38)(H,41,42)/t21-,22+,23+,24+,25+/m1/s1. The molecule has 1 fully saturated rings. The Kier molecular flexibility index (Phi) is 13.9. The lowest BCUT2D eigenvalue weighted by Crippen LogP contribution is -2.59. The highest BCUT2D eigenvalue weighted by Crippen LogP contribution is 2.20. The quantitative estimate of drug-likeness (QED) is 0.161. The molecule has 1 saturated heterocycles. The van der Waals surface area contributed by atoms with Gasteiger partial charge in [0.15, 0.2) is 0 Å². The Balaban J connectivity index is 2.10. The van der Waals surface area contributed by atoms with Crippen molar-refractivity contribution < 1.29 is 29.1 Å². The molecular formula is C30H48N6O6. The molecule has 5 atom stereocenters. The van der Waals surface area contributed by atoms with Crippen molar-refractivity contribution in [1.82, 2.24) is 20.9 Å². The van der Waals surface area contributed by atoms with Gasteiger partial charge in [0.2, 0.25) is 23.6 Å². The van der Waals surface area contributed by atoms with E-state index in [1.165, 1.54) is 4.90 Å². The van der Waals surface area contributed by atoms with Gasteiger partial charge in [-0.1, -0.05) is 58.0 Å². The molecule has 2 rings (SSSR count). The lowest BCUT2D eigenvalue weighted by Gasteiger charge is -2.30. The van der Waals surface area contributed by atoms with Crippen molar-refractivity contribution in [3.63, 3.8) is 0 Å². The molecule has 4 amide bonds. The average molecular weight is 589 g/mol. The van der Waals surface area contributed by atoms with Crippen molar-refractivity contribution in [3.05, 3.63) is 35.9 Å². The molecule has 0 aliphatic carbocycles. The second-order valence-electron chi connectivity index (χ2n) is 11.7. The Labute approximate surface area is 248 Å². The van der Waals surface area contributed by atoms with E-state index in [9.17, 15) is 29.1 Å². The molecule has 0 unspecified atom stereocenters. The van der Waals surface area contributed by atoms with Crippen LogP contribution in [0.1, 0.15) is 65.4 Å². The van der Waals surface area contributed by atoms with E-state index in [2.05, 4.69) is 16.0 Å². The zero-order valence-corrected chi connectivity index (χ0v) is 25.2. The van der Waals surface area contributed by atoms with Crippen LogP contribution in [0.15, 0.2) is 30.3 Å². The second-order valence-corrected chi connectivity index (χ2v) is 11.7. The van der Waals surface area contributed by atoms with E-state index >= 15 is 0 Å². The Morgan fingerprint density at radius 1 is 0.976 bits per heavy atom. The summed E-state index contributed by atoms with van der Waals surface area (Å²) in [5.41, 5.74) is 12.8. The first-order chi connectivity index (χ1) is 19.8. The second kappa shape index (κ2) is 16.8. The summed E-state index contributed by atoms with van der Waals surface area (Å²) in [4.78, 5) is 66.2. The van der Waals surface area contributed by atoms with Crippen molar-refractivity contribution in [2.75, 3.05) is 13.1 Å². The topological polar surface area (TPSA) is 197 Å². The van der Waals surface area contributed by atoms with Crippen LogP contribution in [0.4, 0.5) is 0 Å². The highest BCUT2D eigenvalue weighted by molar-refractivity contribution is 5.95. The van der Waals surface area contributed by atoms with Gasteiger partial charge < -0.3 is 37.4 Å². The molecule has 12 heteroatoms. The van der Waals surface area contributed by atoms with Crippen LogP contribution in [0, 0.1) is 11.8 Å². The Bertz CT molecular complexity index is 1070. The van der Waals surface area contributed by atoms with Crippen molar-refractivity contribution in [1.29, 1.82) is 0 Å². The number of carbonyl (C=O) groups is 5. The van der Waals surface area contributed by atoms with E-state index in [1.807, 2.05) is 44.2 Å². The Hall–Kier alpha value is -3.51. The van der Waals surface area contributed by atoms with Crippen molar-refractivity contribution in [2.45, 2.75) is 96.4 Å². The minimum Gasteiger partial charge on any atom is -0.480 e. The number of nitrogens with zero attached hydrogens (tertiary/aromatic N) is 1. The number of nitrogens with two attached hydrogens (primary N) is 2. The normalized spacial score (nSPS) is 17.8. The van der Waals surface area contributed by atoms with Gasteiger partial charge in [0.25, 0.3) is 0 Å². The number of rotatable bonds is 16. The fraction of sp³-hybridized carbons (Fsp3) is 0.633. The molecule has 1 aromatic rings. The average Bonchev–Trinajstić information content (AvgIpc) is 3.43. The summed E-state index contributed by atoms with van der Waals surface area (Å²) in [6.07, 6.45) is 2.26. The van der Waals surface area contributed by atoms with Crippen LogP contribution >= 0.6 is 0 Å². The lowest BCUT2D eigenvalue weighted by molar-refractivity contribution is -0.143. The summed E-state index contributed by atoms with van der Waals surface area (Å²) in [5.74, 6) is -3.47. The summed E-state index contributed by atoms with van der Waals surface area (Å²) in [5, 5.41) is 17.5. The SMILES string of the molecule is CC(C)C[C@H](NC(=O)[C@H](CCCN)NC(=O)[C@@H](NC(=O)[C@@H]1CCCN1C(=O)[C@H](N)Cc1ccccc1)C(C)C)C(=O)O. The number of hydrogen-bond donors (Lipinski definition) is 6. The monoisotopic (exact) mass is 588 g/mol. The van der Waals surface area contributed by atoms with Gasteiger partial charge >= 0.3 is 5.97 Å². The number of carboxylic acids is 1. The summed E-state index contributed by atoms with van der Waals surface area (Å²) in [7, 11) is 0. The number of amides is 4. The number of likely N-dealkylation sites (tertiary alicyclic amines) is 1. The van der Waals surface area contributed by atoms with Crippen LogP contribution in [0.2, 0.25) is 0 Å². The van der Waals surface area contributed by atoms with Gasteiger partial charge in [-0.25, -0.2) is 4.79 Å². The van der Waals surface area contributed by atoms with Crippen LogP contribution < -0.4 is 27.4 Å². The van der Waals surface area contributed by atoms with Crippen LogP contribution in [0.5, 0.6) is 0 Å². The smallest absolute Gasteiger partial charge is 0.326 e. The fourth-order valence-corrected chi connectivity index (χ4v) is 5.07. The number of carbonyl (C=O) groups excluding carboxylic acids is 4. The highest BCUT2D eigenvalue weighted by Gasteiger charge is 2.38. The Morgan fingerprint density at radius 2 is 1.62 bits per heavy atom. The summed E-state index contributed by atoms with van der Waals surface area (Å²) < 4.78 is 0. The van der Waals surface area contributed by atoms with Gasteiger partial charge in [0, 0.05) is 6.54 Å². The zero-order valence-electron chi connectivity index (χ0n) is 25.2. The van der Waals surface area contributed by atoms with Crippen LogP contribution in [0.3, 0.4) is 0 Å². The largest absolute Gasteiger partial charge is 0.480 e. The van der Waals surface area contributed by atoms with Crippen LogP contribution in [-0.2, 0) is 30.4 Å². The predicted molar refractivity (Wildman–Crippen MR) is 159 cm³/mol. The summed E-state index contributed by atoms with van der Waals surface area (Å²) >= 11 is 0. The molecule has 234 valence electrons. The number of aliphatic carboxylic acids is 1. The molecule has 0 bridgehead atoms. The number of nitrogens with one attached hydrogen (secondary N) is 3. The molecular weight excluding hydrogens is 540 g/mol. The van der Waals surface area contributed by atoms with E-state index in [-0.39, 0.29) is 37.1 Å². The minimum absolute atomic E-state index is 0.0268. The third-order valence-electron chi connectivity index (χ3n) is 7.35. The number of carboxylic acid groups (broad SMARTS) is 1. The van der Waals surface area contributed by atoms with E-state index in [0.29, 0.717) is 32.2 Å². The third-order valence-corrected chi connectivity index (χ3v) is 7.35. The zero-order chi connectivity index (χ0) is 31.4. The molecule has 1 aliphatic rings. The van der Waals surface area contributed by atoms with Gasteiger partial charge in [0.1, 0.15) is 24.2 Å². The number of hydrogen-bond acceptors (Lipinski definition) is 7. The highest BCUT2D eigenvalue weighted by atomic mass is 16.4. The van der Waals surface area contributed by atoms with Crippen molar-refractivity contribution >= 4 is 29.6 Å². The lowest BCUT2D eigenvalue weighted by atomic mass is 10.0. The van der Waals surface area contributed by atoms with E-state index in [4.69, 9.17) is 11.5 Å². The van der Waals surface area contributed by atoms with Gasteiger partial charge in [-0.05, 0) is 62.5 Å². The maximum absolute atomic E-state index is 13.4. The molecule has 1 aromatic carbocycles. The van der Waals surface area contributed by atoms with Gasteiger partial charge in [-0.15, -0.1) is 0 Å². The molecule has 42 heavy (non-hydrogen) atoms. The third kappa shape index (κ3) is 10.4. The molecule has 12 nitrogen and oxygen atoms in total. The van der Waals surface area contributed by atoms with Crippen molar-refractivity contribution in [3.8, 4) is 0 Å². The Morgan fingerprint density at radius 3 is 2.19 bits per heavy atom. The maximum Gasteiger partial charge on any atom is 0.326 e. The van der Waals surface area contributed by atoms with E-state index in [1.54, 1.807) is 13.8 Å². The first-order valence-corrected chi connectivity index (χ1v) is 14.8. The number of benzene rings is 1. The summed E-state index contributed by atoms with van der Waals surface area (Å²) in [6, 6.07) is 4.70. The van der Waals surface area contributed by atoms with Gasteiger partial charge in [-0.3, -0.25) is 19.2 Å². The van der Waals surface area contributed by atoms with Crippen molar-refractivity contribution in [2.24, 2.45) is 23.3 Å². The molecule has 1 aliphatic heterocycles. The first-order valence-electron chi connectivity index (χ1n) is 14.8. The van der Waals surface area contributed by atoms with E-state index < -0.39 is 53.9 Å². The van der Waals surface area contributed by atoms with E-state index in [0.717, 1.165) is 5.56 Å². The van der Waals surface area contributed by atoms with Crippen LogP contribution in [0.25, 0.3) is 0 Å². The first kappa shape index (κ1) is 34.7. The molecule has 8 N–H and O–H groups in total. The maximum atomic E-state index is 13.4. The molecule has 0 radical (unpaired) electrons. The molecule has 1 heterocycles. The van der Waals surface area contributed by atoms with Gasteiger partial charge in [0.05, 0.1) is 6.04 Å². The predicted octanol–water partition coefficient (Wildman–Crippen LogP) is 0.527. The molecule has 0 saturated carbocycles. The molecule has 0 spiro atoms. The minimum atomic E-state index is -1.16. The van der Waals surface area contributed by atoms with Crippen LogP contribution in [-0.4, -0.2) is 82.9 Å². The molecule has 0 aromatic heterocycles. The fourth-order valence-electron chi connectivity index (χ4n) is 5.07. The summed E-state index contributed by atoms with van der Waals surface area (Å²) in [6.45, 7) is 7.88.